The number of carbonyl (C=O) groups is 1. The normalized spacial score (nSPS) is 12.3. The smallest absolute Gasteiger partial charge is 0.258 e. The van der Waals surface area contributed by atoms with E-state index in [4.69, 9.17) is 9.72 Å². The van der Waals surface area contributed by atoms with Gasteiger partial charge in [0, 0.05) is 16.0 Å². The molecule has 5 rings (SSSR count). The van der Waals surface area contributed by atoms with Crippen molar-refractivity contribution in [3.05, 3.63) is 76.7 Å². The molecule has 28 heavy (non-hydrogen) atoms. The van der Waals surface area contributed by atoms with Gasteiger partial charge in [-0.1, -0.05) is 36.4 Å². The topological polar surface area (TPSA) is 51.2 Å². The summed E-state index contributed by atoms with van der Waals surface area (Å²) in [6, 6.07) is 19.8. The van der Waals surface area contributed by atoms with Crippen molar-refractivity contribution >= 4 is 33.1 Å². The predicted octanol–water partition coefficient (Wildman–Crippen LogP) is 5.32. The maximum Gasteiger partial charge on any atom is 0.258 e. The number of aromatic nitrogens is 1. The van der Waals surface area contributed by atoms with Gasteiger partial charge in [-0.3, -0.25) is 10.1 Å². The number of anilines is 1. The van der Waals surface area contributed by atoms with Crippen LogP contribution in [-0.4, -0.2) is 18.0 Å². The predicted molar refractivity (Wildman–Crippen MR) is 113 cm³/mol. The Labute approximate surface area is 166 Å². The van der Waals surface area contributed by atoms with E-state index in [0.29, 0.717) is 10.7 Å². The average molecular weight is 386 g/mol. The number of nitrogens with one attached hydrogen (secondary N) is 1. The third-order valence-electron chi connectivity index (χ3n) is 5.14. The van der Waals surface area contributed by atoms with Gasteiger partial charge >= 0.3 is 0 Å². The molecule has 4 aromatic rings. The Bertz CT molecular complexity index is 1210. The van der Waals surface area contributed by atoms with Crippen molar-refractivity contribution in [3.63, 3.8) is 0 Å². The largest absolute Gasteiger partial charge is 0.497 e. The van der Waals surface area contributed by atoms with Crippen LogP contribution in [-0.2, 0) is 12.8 Å². The highest BCUT2D eigenvalue weighted by molar-refractivity contribution is 7.16. The summed E-state index contributed by atoms with van der Waals surface area (Å²) in [5, 5.41) is 5.65. The van der Waals surface area contributed by atoms with Crippen molar-refractivity contribution in [2.45, 2.75) is 12.8 Å². The lowest BCUT2D eigenvalue weighted by Gasteiger charge is -2.15. The van der Waals surface area contributed by atoms with Gasteiger partial charge in [0.15, 0.2) is 5.13 Å². The molecule has 1 N–H and O–H groups in total. The van der Waals surface area contributed by atoms with Crippen molar-refractivity contribution < 1.29 is 9.53 Å². The number of fused-ring (bicyclic) bond motifs is 4. The number of benzene rings is 3. The van der Waals surface area contributed by atoms with E-state index in [1.807, 2.05) is 48.5 Å². The summed E-state index contributed by atoms with van der Waals surface area (Å²) in [5.74, 6) is 0.736. The molecule has 138 valence electrons. The van der Waals surface area contributed by atoms with Crippen LogP contribution in [0.5, 0.6) is 5.75 Å². The number of ether oxygens (including phenoxy) is 1. The lowest BCUT2D eigenvalue weighted by molar-refractivity contribution is 0.102. The number of amides is 1. The molecule has 0 atom stereocenters. The van der Waals surface area contributed by atoms with Gasteiger partial charge < -0.3 is 4.74 Å². The van der Waals surface area contributed by atoms with E-state index in [0.717, 1.165) is 40.6 Å². The second-order valence-corrected chi connectivity index (χ2v) is 7.88. The van der Waals surface area contributed by atoms with E-state index >= 15 is 0 Å². The zero-order valence-electron chi connectivity index (χ0n) is 15.4. The van der Waals surface area contributed by atoms with Gasteiger partial charge in [-0.25, -0.2) is 4.98 Å². The van der Waals surface area contributed by atoms with Crippen LogP contribution >= 0.6 is 11.3 Å². The molecule has 5 heteroatoms. The Morgan fingerprint density at radius 3 is 2.82 bits per heavy atom. The van der Waals surface area contributed by atoms with Gasteiger partial charge in [0.25, 0.3) is 5.91 Å². The SMILES string of the molecule is COc1ccc2c(c1)CCc1sc(NC(=O)c3cccc4ccccc34)nc1-2. The first-order valence-electron chi connectivity index (χ1n) is 9.19. The van der Waals surface area contributed by atoms with Crippen LogP contribution in [0.2, 0.25) is 0 Å². The van der Waals surface area contributed by atoms with Gasteiger partial charge in [-0.2, -0.15) is 0 Å². The fourth-order valence-electron chi connectivity index (χ4n) is 3.76. The average Bonchev–Trinajstić information content (AvgIpc) is 3.15. The summed E-state index contributed by atoms with van der Waals surface area (Å²) in [5.41, 5.74) is 4.01. The lowest BCUT2D eigenvalue weighted by atomic mass is 9.93. The first kappa shape index (κ1) is 17.0. The second kappa shape index (κ2) is 6.77. The van der Waals surface area contributed by atoms with Crippen molar-refractivity contribution in [1.82, 2.24) is 4.98 Å². The highest BCUT2D eigenvalue weighted by Gasteiger charge is 2.22. The van der Waals surface area contributed by atoms with Crippen molar-refractivity contribution in [2.75, 3.05) is 12.4 Å². The monoisotopic (exact) mass is 386 g/mol. The zero-order valence-corrected chi connectivity index (χ0v) is 16.2. The van der Waals surface area contributed by atoms with Gasteiger partial charge in [-0.15, -0.1) is 11.3 Å². The highest BCUT2D eigenvalue weighted by Crippen LogP contribution is 2.39. The number of methoxy groups -OCH3 is 1. The number of thiazole rings is 1. The second-order valence-electron chi connectivity index (χ2n) is 6.79. The Hall–Kier alpha value is -3.18. The van der Waals surface area contributed by atoms with E-state index in [1.54, 1.807) is 18.4 Å². The van der Waals surface area contributed by atoms with Crippen LogP contribution in [0.15, 0.2) is 60.7 Å². The van der Waals surface area contributed by atoms with Crippen LogP contribution < -0.4 is 10.1 Å². The summed E-state index contributed by atoms with van der Waals surface area (Å²) in [6.07, 6.45) is 1.88. The fraction of sp³-hybridized carbons (Fsp3) is 0.130. The van der Waals surface area contributed by atoms with Crippen molar-refractivity contribution in [3.8, 4) is 17.0 Å². The summed E-state index contributed by atoms with van der Waals surface area (Å²) in [7, 11) is 1.68. The molecular weight excluding hydrogens is 368 g/mol. The molecule has 1 aromatic heterocycles. The van der Waals surface area contributed by atoms with Crippen LogP contribution in [0.4, 0.5) is 5.13 Å². The summed E-state index contributed by atoms with van der Waals surface area (Å²) < 4.78 is 5.34. The fourth-order valence-corrected chi connectivity index (χ4v) is 4.73. The van der Waals surface area contributed by atoms with E-state index in [-0.39, 0.29) is 5.91 Å². The van der Waals surface area contributed by atoms with Crippen LogP contribution in [0.3, 0.4) is 0 Å². The number of aryl methyl sites for hydroxylation is 2. The molecule has 1 aliphatic carbocycles. The van der Waals surface area contributed by atoms with E-state index < -0.39 is 0 Å². The Balaban J connectivity index is 1.47. The molecule has 0 spiro atoms. The molecule has 0 aliphatic heterocycles. The van der Waals surface area contributed by atoms with E-state index in [9.17, 15) is 4.79 Å². The molecule has 3 aromatic carbocycles. The van der Waals surface area contributed by atoms with Gasteiger partial charge in [0.05, 0.1) is 12.8 Å². The highest BCUT2D eigenvalue weighted by atomic mass is 32.1. The van der Waals surface area contributed by atoms with Gasteiger partial charge in [0.1, 0.15) is 5.75 Å². The minimum Gasteiger partial charge on any atom is -0.497 e. The molecule has 0 fully saturated rings. The Morgan fingerprint density at radius 2 is 1.93 bits per heavy atom. The standard InChI is InChI=1S/C23H18N2O2S/c1-27-16-10-11-18-15(13-16)9-12-20-21(18)24-23(28-20)25-22(26)19-8-4-6-14-5-2-3-7-17(14)19/h2-8,10-11,13H,9,12H2,1H3,(H,24,25,26). The molecule has 0 radical (unpaired) electrons. The Morgan fingerprint density at radius 1 is 1.07 bits per heavy atom. The van der Waals surface area contributed by atoms with E-state index in [2.05, 4.69) is 17.4 Å². The number of nitrogens with zero attached hydrogens (tertiary/aromatic N) is 1. The summed E-state index contributed by atoms with van der Waals surface area (Å²) in [4.78, 5) is 18.9. The van der Waals surface area contributed by atoms with Crippen LogP contribution in [0.25, 0.3) is 22.0 Å². The number of carbonyl (C=O) groups excluding carboxylic acids is 1. The zero-order chi connectivity index (χ0) is 19.1. The number of rotatable bonds is 3. The molecule has 4 nitrogen and oxygen atoms in total. The summed E-state index contributed by atoms with van der Waals surface area (Å²) >= 11 is 1.56. The minimum absolute atomic E-state index is 0.127. The maximum atomic E-state index is 12.9. The first-order chi connectivity index (χ1) is 13.7. The third-order valence-corrected chi connectivity index (χ3v) is 6.17. The molecular formula is C23H18N2O2S. The van der Waals surface area contributed by atoms with E-state index in [1.165, 1.54) is 10.4 Å². The molecule has 0 bridgehead atoms. The van der Waals surface area contributed by atoms with Crippen molar-refractivity contribution in [2.24, 2.45) is 0 Å². The van der Waals surface area contributed by atoms with Crippen LogP contribution in [0, 0.1) is 0 Å². The Kier molecular flexibility index (Phi) is 4.10. The summed E-state index contributed by atoms with van der Waals surface area (Å²) in [6.45, 7) is 0. The van der Waals surface area contributed by atoms with Gasteiger partial charge in [-0.05, 0) is 53.4 Å². The van der Waals surface area contributed by atoms with Gasteiger partial charge in [0.2, 0.25) is 0 Å². The maximum absolute atomic E-state index is 12.9. The van der Waals surface area contributed by atoms with Crippen LogP contribution in [0.1, 0.15) is 20.8 Å². The number of hydrogen-bond acceptors (Lipinski definition) is 4. The minimum atomic E-state index is -0.127. The lowest BCUT2D eigenvalue weighted by Crippen LogP contribution is -2.12. The first-order valence-corrected chi connectivity index (χ1v) is 10.0. The molecule has 0 saturated carbocycles. The molecule has 0 saturated heterocycles. The van der Waals surface area contributed by atoms with Crippen molar-refractivity contribution in [1.29, 1.82) is 0 Å². The molecule has 0 unspecified atom stereocenters. The quantitative estimate of drug-likeness (QED) is 0.518. The molecule has 1 aliphatic rings. The molecule has 1 heterocycles. The third kappa shape index (κ3) is 2.84. The number of hydrogen-bond donors (Lipinski definition) is 1. The molecule has 1 amide bonds.